The first-order valence-electron chi connectivity index (χ1n) is 13.0. The monoisotopic (exact) mass is 589 g/mol. The average Bonchev–Trinajstić information content (AvgIpc) is 3.33. The Kier molecular flexibility index (Phi) is 5.98. The van der Waals surface area contributed by atoms with Crippen molar-refractivity contribution in [3.05, 3.63) is 76.7 Å². The zero-order chi connectivity index (χ0) is 26.5. The number of aliphatic imine (C=N–C) groups is 1. The van der Waals surface area contributed by atoms with Crippen LogP contribution >= 0.6 is 15.9 Å². The molecule has 6 heterocycles. The summed E-state index contributed by atoms with van der Waals surface area (Å²) in [6.07, 6.45) is 12.2. The highest BCUT2D eigenvalue weighted by Crippen LogP contribution is 2.38. The van der Waals surface area contributed by atoms with Crippen molar-refractivity contribution in [3.63, 3.8) is 0 Å². The van der Waals surface area contributed by atoms with E-state index in [1.54, 1.807) is 16.8 Å². The second-order valence-corrected chi connectivity index (χ2v) is 11.2. The van der Waals surface area contributed by atoms with Crippen LogP contribution in [0.4, 0.5) is 16.2 Å². The number of ketones is 1. The van der Waals surface area contributed by atoms with Crippen LogP contribution in [-0.4, -0.2) is 60.1 Å². The highest BCUT2D eigenvalue weighted by molar-refractivity contribution is 9.10. The first-order chi connectivity index (χ1) is 19.0. The lowest BCUT2D eigenvalue weighted by Crippen LogP contribution is -2.38. The number of amidine groups is 1. The average molecular weight is 590 g/mol. The molecule has 198 valence electrons. The smallest absolute Gasteiger partial charge is 0.246 e. The molecule has 10 nitrogen and oxygen atoms in total. The fraction of sp³-hybridized carbons (Fsp3) is 0.333. The SMILES string of the molecule is O=C(Cc1ccc(F)nc1)[C@@H]1C[C@H](n2cc(Br)cn2)CN1c1nc(NC2=NCC(C3CC3)=C2)c2cccn2n1. The number of halogens is 2. The molecule has 1 N–H and O–H groups in total. The number of rotatable bonds is 7. The molecule has 4 aromatic rings. The molecule has 1 aliphatic carbocycles. The number of carbonyl (C=O) groups is 1. The maximum atomic E-state index is 13.6. The van der Waals surface area contributed by atoms with Crippen LogP contribution in [0.2, 0.25) is 0 Å². The summed E-state index contributed by atoms with van der Waals surface area (Å²) in [6, 6.07) is 6.19. The molecule has 2 fully saturated rings. The van der Waals surface area contributed by atoms with Crippen molar-refractivity contribution in [2.75, 3.05) is 23.3 Å². The fourth-order valence-corrected chi connectivity index (χ4v) is 5.66. The Hall–Kier alpha value is -3.93. The molecule has 2 atom stereocenters. The van der Waals surface area contributed by atoms with Gasteiger partial charge >= 0.3 is 0 Å². The molecular weight excluding hydrogens is 565 g/mol. The first kappa shape index (κ1) is 24.1. The molecule has 0 spiro atoms. The highest BCUT2D eigenvalue weighted by atomic mass is 79.9. The molecular formula is C27H25BrFN9O. The summed E-state index contributed by atoms with van der Waals surface area (Å²) in [6.45, 7) is 1.23. The van der Waals surface area contributed by atoms with Gasteiger partial charge in [-0.15, -0.1) is 5.10 Å². The van der Waals surface area contributed by atoms with Crippen molar-refractivity contribution in [3.8, 4) is 0 Å². The normalized spacial score (nSPS) is 20.9. The van der Waals surface area contributed by atoms with Crippen LogP contribution in [0, 0.1) is 11.9 Å². The molecule has 39 heavy (non-hydrogen) atoms. The van der Waals surface area contributed by atoms with Gasteiger partial charge in [-0.3, -0.25) is 14.5 Å². The number of anilines is 2. The lowest BCUT2D eigenvalue weighted by molar-refractivity contribution is -0.119. The molecule has 0 aromatic carbocycles. The Bertz CT molecular complexity index is 1620. The van der Waals surface area contributed by atoms with E-state index in [9.17, 15) is 9.18 Å². The predicted molar refractivity (Wildman–Crippen MR) is 147 cm³/mol. The number of carbonyl (C=O) groups excluding carboxylic acids is 1. The third kappa shape index (κ3) is 4.84. The summed E-state index contributed by atoms with van der Waals surface area (Å²) in [7, 11) is 0. The summed E-state index contributed by atoms with van der Waals surface area (Å²) >= 11 is 3.47. The molecule has 1 saturated heterocycles. The molecule has 4 aromatic heterocycles. The summed E-state index contributed by atoms with van der Waals surface area (Å²) in [5, 5.41) is 12.6. The van der Waals surface area contributed by atoms with Crippen molar-refractivity contribution in [2.45, 2.75) is 37.8 Å². The Morgan fingerprint density at radius 2 is 2.10 bits per heavy atom. The van der Waals surface area contributed by atoms with Gasteiger partial charge in [-0.05, 0) is 76.5 Å². The molecule has 0 amide bonds. The quantitative estimate of drug-likeness (QED) is 0.325. The molecule has 12 heteroatoms. The van der Waals surface area contributed by atoms with Crippen LogP contribution in [0.15, 0.2) is 70.2 Å². The summed E-state index contributed by atoms with van der Waals surface area (Å²) in [5.74, 6) is 1.94. The van der Waals surface area contributed by atoms with Gasteiger partial charge in [0.15, 0.2) is 11.6 Å². The van der Waals surface area contributed by atoms with Gasteiger partial charge in [0.2, 0.25) is 11.9 Å². The van der Waals surface area contributed by atoms with Crippen molar-refractivity contribution < 1.29 is 9.18 Å². The molecule has 0 bridgehead atoms. The Morgan fingerprint density at radius 3 is 2.87 bits per heavy atom. The van der Waals surface area contributed by atoms with Gasteiger partial charge in [0.25, 0.3) is 0 Å². The van der Waals surface area contributed by atoms with E-state index in [1.807, 2.05) is 34.1 Å². The lowest BCUT2D eigenvalue weighted by atomic mass is 10.0. The zero-order valence-electron chi connectivity index (χ0n) is 20.9. The van der Waals surface area contributed by atoms with Crippen LogP contribution < -0.4 is 10.2 Å². The summed E-state index contributed by atoms with van der Waals surface area (Å²) in [5.41, 5.74) is 2.85. The molecule has 0 radical (unpaired) electrons. The summed E-state index contributed by atoms with van der Waals surface area (Å²) < 4.78 is 17.9. The van der Waals surface area contributed by atoms with Gasteiger partial charge in [-0.2, -0.15) is 14.5 Å². The van der Waals surface area contributed by atoms with Crippen molar-refractivity contribution in [1.82, 2.24) is 29.4 Å². The lowest BCUT2D eigenvalue weighted by Gasteiger charge is -2.24. The number of hydrogen-bond acceptors (Lipinski definition) is 8. The van der Waals surface area contributed by atoms with Crippen LogP contribution in [0.1, 0.15) is 30.9 Å². The van der Waals surface area contributed by atoms with E-state index in [-0.39, 0.29) is 18.2 Å². The van der Waals surface area contributed by atoms with Crippen LogP contribution in [0.3, 0.4) is 0 Å². The molecule has 2 aliphatic heterocycles. The van der Waals surface area contributed by atoms with Gasteiger partial charge in [-0.1, -0.05) is 6.07 Å². The second kappa shape index (κ2) is 9.67. The van der Waals surface area contributed by atoms with Gasteiger partial charge in [0, 0.05) is 31.6 Å². The third-order valence-corrected chi connectivity index (χ3v) is 7.91. The fourth-order valence-electron chi connectivity index (χ4n) is 5.35. The van der Waals surface area contributed by atoms with Gasteiger partial charge in [0.05, 0.1) is 29.3 Å². The standard InChI is InChI=1S/C27H25BrFN9O/c28-19-13-32-38(14-19)20-10-22(23(39)8-16-3-6-24(29)30-11-16)36(15-20)27-34-26(21-2-1-7-37(21)35-27)33-25-9-18(12-31-25)17-4-5-17/h1-3,6-7,9,11,13-14,17,20,22H,4-5,8,10,12,15H2,(H,31,33,34,35)/t20-,22-/m0/s1. The van der Waals surface area contributed by atoms with E-state index < -0.39 is 12.0 Å². The maximum Gasteiger partial charge on any atom is 0.246 e. The largest absolute Gasteiger partial charge is 0.327 e. The van der Waals surface area contributed by atoms with E-state index in [2.05, 4.69) is 42.4 Å². The maximum absolute atomic E-state index is 13.6. The molecule has 1 saturated carbocycles. The molecule has 7 rings (SSSR count). The Labute approximate surface area is 231 Å². The minimum absolute atomic E-state index is 0.0139. The van der Waals surface area contributed by atoms with Gasteiger partial charge in [0.1, 0.15) is 11.4 Å². The van der Waals surface area contributed by atoms with E-state index in [4.69, 9.17) is 10.1 Å². The molecule has 0 unspecified atom stereocenters. The van der Waals surface area contributed by atoms with E-state index >= 15 is 0 Å². The van der Waals surface area contributed by atoms with Crippen molar-refractivity contribution in [2.24, 2.45) is 10.9 Å². The predicted octanol–water partition coefficient (Wildman–Crippen LogP) is 4.01. The van der Waals surface area contributed by atoms with Gasteiger partial charge < -0.3 is 10.2 Å². The topological polar surface area (TPSA) is 106 Å². The number of aromatic nitrogens is 6. The van der Waals surface area contributed by atoms with Crippen LogP contribution in [-0.2, 0) is 11.2 Å². The highest BCUT2D eigenvalue weighted by Gasteiger charge is 2.40. The third-order valence-electron chi connectivity index (χ3n) is 7.50. The van der Waals surface area contributed by atoms with E-state index in [0.717, 1.165) is 22.4 Å². The van der Waals surface area contributed by atoms with E-state index in [1.165, 1.54) is 30.7 Å². The van der Waals surface area contributed by atoms with E-state index in [0.29, 0.717) is 36.2 Å². The number of nitrogens with zero attached hydrogens (tertiary/aromatic N) is 8. The Morgan fingerprint density at radius 1 is 1.21 bits per heavy atom. The van der Waals surface area contributed by atoms with Crippen LogP contribution in [0.25, 0.3) is 5.52 Å². The number of nitrogens with one attached hydrogen (secondary N) is 1. The minimum atomic E-state index is -0.572. The second-order valence-electron chi connectivity index (χ2n) is 10.2. The zero-order valence-corrected chi connectivity index (χ0v) is 22.5. The summed E-state index contributed by atoms with van der Waals surface area (Å²) in [4.78, 5) is 28.9. The number of Topliss-reactive ketones (excluding diaryl/α,β-unsaturated/α-hetero) is 1. The number of hydrogen-bond donors (Lipinski definition) is 1. The number of fused-ring (bicyclic) bond motifs is 1. The number of pyridine rings is 1. The Balaban J connectivity index is 1.22. The molecule has 3 aliphatic rings. The van der Waals surface area contributed by atoms with Crippen molar-refractivity contribution >= 4 is 44.8 Å². The first-order valence-corrected chi connectivity index (χ1v) is 13.8. The minimum Gasteiger partial charge on any atom is -0.327 e. The van der Waals surface area contributed by atoms with Crippen LogP contribution in [0.5, 0.6) is 0 Å². The van der Waals surface area contributed by atoms with Crippen molar-refractivity contribution in [1.29, 1.82) is 0 Å². The van der Waals surface area contributed by atoms with Gasteiger partial charge in [-0.25, -0.2) is 9.50 Å².